The molecule has 9 heteroatoms. The van der Waals surface area contributed by atoms with E-state index < -0.39 is 22.0 Å². The van der Waals surface area contributed by atoms with Crippen LogP contribution >= 0.6 is 0 Å². The SMILES string of the molecule is C/C=C/c1ccc2c(c1)O[C@@H](CN(C)Cc1ccc(C(=O)O)cc1)[C@@H](C)CN([C@@H](C)CO)S2(=O)=O. The van der Waals surface area contributed by atoms with Crippen molar-refractivity contribution < 1.29 is 28.2 Å². The molecule has 0 aliphatic carbocycles. The van der Waals surface area contributed by atoms with Gasteiger partial charge in [0.05, 0.1) is 12.2 Å². The molecule has 2 N–H and O–H groups in total. The molecule has 0 unspecified atom stereocenters. The van der Waals surface area contributed by atoms with E-state index in [0.717, 1.165) is 11.1 Å². The van der Waals surface area contributed by atoms with Crippen molar-refractivity contribution in [1.29, 1.82) is 0 Å². The first-order chi connectivity index (χ1) is 16.6. The second-order valence-corrected chi connectivity index (χ2v) is 11.0. The largest absolute Gasteiger partial charge is 0.487 e. The zero-order valence-electron chi connectivity index (χ0n) is 20.6. The van der Waals surface area contributed by atoms with Gasteiger partial charge in [-0.2, -0.15) is 4.31 Å². The molecular weight excluding hydrogens is 468 g/mol. The summed E-state index contributed by atoms with van der Waals surface area (Å²) in [5, 5.41) is 18.9. The molecule has 190 valence electrons. The summed E-state index contributed by atoms with van der Waals surface area (Å²) in [4.78, 5) is 13.3. The minimum absolute atomic E-state index is 0.0925. The molecule has 2 aromatic rings. The van der Waals surface area contributed by atoms with Crippen molar-refractivity contribution in [3.8, 4) is 5.75 Å². The molecule has 1 heterocycles. The van der Waals surface area contributed by atoms with E-state index in [0.29, 0.717) is 18.8 Å². The summed E-state index contributed by atoms with van der Waals surface area (Å²) in [6.45, 7) is 6.57. The second kappa shape index (κ2) is 11.3. The predicted octanol–water partition coefficient (Wildman–Crippen LogP) is 3.32. The fourth-order valence-corrected chi connectivity index (χ4v) is 6.02. The van der Waals surface area contributed by atoms with Crippen LogP contribution in [0.25, 0.3) is 6.08 Å². The number of aliphatic hydroxyl groups is 1. The summed E-state index contributed by atoms with van der Waals surface area (Å²) in [6, 6.07) is 11.2. The molecule has 2 aromatic carbocycles. The van der Waals surface area contributed by atoms with Gasteiger partial charge in [0, 0.05) is 31.6 Å². The number of rotatable bonds is 8. The number of nitrogens with zero attached hydrogens (tertiary/aromatic N) is 2. The quantitative estimate of drug-likeness (QED) is 0.570. The number of carbonyl (C=O) groups is 1. The topological polar surface area (TPSA) is 107 Å². The standard InChI is InChI=1S/C26H34N2O6S/c1-5-6-20-9-12-25-23(13-20)34-24(18(2)14-28(19(3)17-29)35(25,32)33)16-27(4)15-21-7-10-22(11-8-21)26(30)31/h5-13,18-19,24,29H,14-17H2,1-4H3,(H,30,31)/b6-5+/t18-,19-,24-/m0/s1. The number of allylic oxidation sites excluding steroid dienone is 1. The molecule has 0 saturated heterocycles. The number of aliphatic hydroxyl groups excluding tert-OH is 1. The lowest BCUT2D eigenvalue weighted by molar-refractivity contribution is 0.0697. The average molecular weight is 503 g/mol. The van der Waals surface area contributed by atoms with E-state index in [4.69, 9.17) is 9.84 Å². The first-order valence-corrected chi connectivity index (χ1v) is 13.1. The number of likely N-dealkylation sites (N-methyl/N-ethyl adjacent to an activating group) is 1. The van der Waals surface area contributed by atoms with Crippen LogP contribution in [0.3, 0.4) is 0 Å². The fourth-order valence-electron chi connectivity index (χ4n) is 4.19. The van der Waals surface area contributed by atoms with Crippen molar-refractivity contribution in [3.05, 3.63) is 65.2 Å². The van der Waals surface area contributed by atoms with E-state index in [2.05, 4.69) is 4.90 Å². The van der Waals surface area contributed by atoms with Crippen molar-refractivity contribution >= 4 is 22.1 Å². The van der Waals surface area contributed by atoms with Gasteiger partial charge in [-0.15, -0.1) is 0 Å². The maximum Gasteiger partial charge on any atom is 0.335 e. The number of aromatic carboxylic acids is 1. The molecule has 0 aromatic heterocycles. The van der Waals surface area contributed by atoms with E-state index in [1.807, 2.05) is 33.0 Å². The van der Waals surface area contributed by atoms with Crippen molar-refractivity contribution in [2.75, 3.05) is 26.7 Å². The molecule has 0 spiro atoms. The van der Waals surface area contributed by atoms with Crippen LogP contribution in [0.15, 0.2) is 53.4 Å². The summed E-state index contributed by atoms with van der Waals surface area (Å²) in [5.41, 5.74) is 2.04. The van der Waals surface area contributed by atoms with Crippen LogP contribution in [-0.4, -0.2) is 72.7 Å². The Labute approximate surface area is 207 Å². The van der Waals surface area contributed by atoms with E-state index in [-0.39, 0.29) is 35.6 Å². The van der Waals surface area contributed by atoms with E-state index >= 15 is 0 Å². The number of sulfonamides is 1. The highest BCUT2D eigenvalue weighted by Crippen LogP contribution is 2.34. The zero-order valence-corrected chi connectivity index (χ0v) is 21.4. The average Bonchev–Trinajstić information content (AvgIpc) is 2.81. The normalized spacial score (nSPS) is 21.2. The minimum Gasteiger partial charge on any atom is -0.487 e. The summed E-state index contributed by atoms with van der Waals surface area (Å²) >= 11 is 0. The number of benzene rings is 2. The van der Waals surface area contributed by atoms with Gasteiger partial charge in [0.25, 0.3) is 0 Å². The molecule has 0 fully saturated rings. The van der Waals surface area contributed by atoms with Crippen molar-refractivity contribution in [1.82, 2.24) is 9.21 Å². The molecule has 3 rings (SSSR count). The lowest BCUT2D eigenvalue weighted by Crippen LogP contribution is -2.49. The molecular formula is C26H34N2O6S. The van der Waals surface area contributed by atoms with Crippen LogP contribution in [-0.2, 0) is 16.6 Å². The molecule has 1 aliphatic rings. The van der Waals surface area contributed by atoms with E-state index in [1.165, 1.54) is 4.31 Å². The van der Waals surface area contributed by atoms with Gasteiger partial charge in [0.1, 0.15) is 16.7 Å². The van der Waals surface area contributed by atoms with Crippen LogP contribution in [0, 0.1) is 5.92 Å². The predicted molar refractivity (Wildman–Crippen MR) is 135 cm³/mol. The Hall–Kier alpha value is -2.72. The number of fused-ring (bicyclic) bond motifs is 1. The van der Waals surface area contributed by atoms with Gasteiger partial charge in [-0.05, 0) is 56.3 Å². The van der Waals surface area contributed by atoms with Crippen LogP contribution in [0.1, 0.15) is 42.3 Å². The Morgan fingerprint density at radius 3 is 2.54 bits per heavy atom. The Balaban J connectivity index is 1.91. The van der Waals surface area contributed by atoms with Crippen LogP contribution in [0.5, 0.6) is 5.75 Å². The Bertz CT molecular complexity index is 1160. The van der Waals surface area contributed by atoms with Gasteiger partial charge < -0.3 is 14.9 Å². The Kier molecular flexibility index (Phi) is 8.71. The third-order valence-electron chi connectivity index (χ3n) is 6.20. The summed E-state index contributed by atoms with van der Waals surface area (Å²) in [7, 11) is -1.92. The van der Waals surface area contributed by atoms with Gasteiger partial charge in [-0.3, -0.25) is 4.90 Å². The van der Waals surface area contributed by atoms with Gasteiger partial charge in [0.15, 0.2) is 0 Å². The highest BCUT2D eigenvalue weighted by molar-refractivity contribution is 7.89. The van der Waals surface area contributed by atoms with Gasteiger partial charge in [-0.25, -0.2) is 13.2 Å². The highest BCUT2D eigenvalue weighted by atomic mass is 32.2. The minimum atomic E-state index is -3.87. The van der Waals surface area contributed by atoms with Crippen LogP contribution < -0.4 is 4.74 Å². The number of hydrogen-bond donors (Lipinski definition) is 2. The molecule has 0 amide bonds. The lowest BCUT2D eigenvalue weighted by Gasteiger charge is -2.37. The number of carboxylic acids is 1. The maximum atomic E-state index is 13.5. The maximum absolute atomic E-state index is 13.5. The molecule has 0 saturated carbocycles. The molecule has 0 radical (unpaired) electrons. The van der Waals surface area contributed by atoms with Crippen molar-refractivity contribution in [3.63, 3.8) is 0 Å². The summed E-state index contributed by atoms with van der Waals surface area (Å²) < 4.78 is 34.7. The molecule has 0 bridgehead atoms. The van der Waals surface area contributed by atoms with E-state index in [9.17, 15) is 18.3 Å². The summed E-state index contributed by atoms with van der Waals surface area (Å²) in [6.07, 6.45) is 3.44. The van der Waals surface area contributed by atoms with Crippen LogP contribution in [0.2, 0.25) is 0 Å². The van der Waals surface area contributed by atoms with Crippen LogP contribution in [0.4, 0.5) is 0 Å². The smallest absolute Gasteiger partial charge is 0.335 e. The zero-order chi connectivity index (χ0) is 25.8. The van der Waals surface area contributed by atoms with E-state index in [1.54, 1.807) is 49.4 Å². The number of ether oxygens (including phenoxy) is 1. The first-order valence-electron chi connectivity index (χ1n) is 11.6. The number of hydrogen-bond acceptors (Lipinski definition) is 6. The lowest BCUT2D eigenvalue weighted by atomic mass is 10.0. The highest BCUT2D eigenvalue weighted by Gasteiger charge is 2.38. The third-order valence-corrected chi connectivity index (χ3v) is 8.21. The van der Waals surface area contributed by atoms with Crippen molar-refractivity contribution in [2.24, 2.45) is 5.92 Å². The Morgan fingerprint density at radius 2 is 1.94 bits per heavy atom. The molecule has 35 heavy (non-hydrogen) atoms. The Morgan fingerprint density at radius 1 is 1.26 bits per heavy atom. The third kappa shape index (κ3) is 6.29. The fraction of sp³-hybridized carbons (Fsp3) is 0.423. The number of carboxylic acid groups (broad SMARTS) is 1. The van der Waals surface area contributed by atoms with Gasteiger partial charge in [-0.1, -0.05) is 37.3 Å². The monoisotopic (exact) mass is 502 g/mol. The molecule has 1 aliphatic heterocycles. The molecule has 8 nitrogen and oxygen atoms in total. The van der Waals surface area contributed by atoms with Crippen molar-refractivity contribution in [2.45, 2.75) is 44.4 Å². The van der Waals surface area contributed by atoms with Gasteiger partial charge >= 0.3 is 5.97 Å². The first kappa shape index (κ1) is 26.9. The van der Waals surface area contributed by atoms with Gasteiger partial charge in [0.2, 0.25) is 10.0 Å². The summed E-state index contributed by atoms with van der Waals surface area (Å²) in [5.74, 6) is -0.824. The molecule has 3 atom stereocenters. The second-order valence-electron chi connectivity index (χ2n) is 9.14.